The fourth-order valence-corrected chi connectivity index (χ4v) is 5.17. The Morgan fingerprint density at radius 2 is 1.85 bits per heavy atom. The number of aryl methyl sites for hydroxylation is 1. The number of carbonyl (C=O) groups excluding carboxylic acids is 1. The van der Waals surface area contributed by atoms with Crippen LogP contribution in [0, 0.1) is 6.92 Å². The molecule has 0 spiro atoms. The van der Waals surface area contributed by atoms with Gasteiger partial charge in [-0.05, 0) is 48.4 Å². The molecule has 0 atom stereocenters. The summed E-state index contributed by atoms with van der Waals surface area (Å²) in [6.45, 7) is 6.71. The largest absolute Gasteiger partial charge is 0.519 e. The number of carbonyl (C=O) groups is 1. The maximum Gasteiger partial charge on any atom is 0.519 e. The predicted molar refractivity (Wildman–Crippen MR) is 149 cm³/mol. The minimum atomic E-state index is -1.46. The van der Waals surface area contributed by atoms with Crippen LogP contribution in [0.4, 0.5) is 0 Å². The van der Waals surface area contributed by atoms with E-state index in [1.165, 1.54) is 11.8 Å². The average molecular weight is 577 g/mol. The minimum Gasteiger partial charge on any atom is -0.456 e. The maximum absolute atomic E-state index is 13.3. The third-order valence-corrected chi connectivity index (χ3v) is 7.12. The first-order chi connectivity index (χ1) is 19.7. The van der Waals surface area contributed by atoms with Gasteiger partial charge >= 0.3 is 11.8 Å². The number of aliphatic hydroxyl groups is 1. The maximum atomic E-state index is 13.3. The van der Waals surface area contributed by atoms with Gasteiger partial charge < -0.3 is 23.2 Å². The second kappa shape index (κ2) is 11.6. The van der Waals surface area contributed by atoms with E-state index >= 15 is 0 Å². The van der Waals surface area contributed by atoms with Gasteiger partial charge in [-0.3, -0.25) is 0 Å². The van der Waals surface area contributed by atoms with E-state index in [4.69, 9.17) is 13.6 Å². The lowest BCUT2D eigenvalue weighted by Crippen LogP contribution is -2.25. The van der Waals surface area contributed by atoms with Gasteiger partial charge in [0.25, 0.3) is 0 Å². The highest BCUT2D eigenvalue weighted by atomic mass is 32.2. The van der Waals surface area contributed by atoms with Crippen molar-refractivity contribution < 1.29 is 23.5 Å². The number of aromatic nitrogens is 6. The lowest BCUT2D eigenvalue weighted by molar-refractivity contribution is 0.0421. The van der Waals surface area contributed by atoms with Crippen LogP contribution in [0.15, 0.2) is 67.3 Å². The molecule has 0 fully saturated rings. The first-order valence-corrected chi connectivity index (χ1v) is 13.8. The molecule has 12 nitrogen and oxygen atoms in total. The second-order valence-electron chi connectivity index (χ2n) is 9.66. The Labute approximate surface area is 238 Å². The van der Waals surface area contributed by atoms with Crippen molar-refractivity contribution in [2.45, 2.75) is 51.6 Å². The quantitative estimate of drug-likeness (QED) is 0.180. The normalized spacial score (nSPS) is 11.6. The Hall–Kier alpha value is -4.49. The molecule has 0 aliphatic rings. The number of imidazole rings is 1. The van der Waals surface area contributed by atoms with Gasteiger partial charge in [-0.1, -0.05) is 67.2 Å². The van der Waals surface area contributed by atoms with Gasteiger partial charge in [0.1, 0.15) is 18.0 Å². The smallest absolute Gasteiger partial charge is 0.456 e. The number of esters is 1. The molecular formula is C28H28N6O6S. The molecule has 41 heavy (non-hydrogen) atoms. The molecule has 0 saturated carbocycles. The fraction of sp³-hybridized carbons (Fsp3) is 0.286. The number of thioether (sulfide) groups is 1. The predicted octanol–water partition coefficient (Wildman–Crippen LogP) is 4.33. The number of nitrogens with zero attached hydrogens (tertiary/aromatic N) is 5. The Morgan fingerprint density at radius 3 is 2.46 bits per heavy atom. The molecule has 0 aliphatic heterocycles. The van der Waals surface area contributed by atoms with Gasteiger partial charge in [-0.2, -0.15) is 5.21 Å². The van der Waals surface area contributed by atoms with Crippen LogP contribution in [-0.2, 0) is 23.5 Å². The number of ether oxygens (including phenoxy) is 1. The van der Waals surface area contributed by atoms with Crippen molar-refractivity contribution in [3.63, 3.8) is 0 Å². The molecule has 0 bridgehead atoms. The summed E-state index contributed by atoms with van der Waals surface area (Å²) in [7, 11) is 0. The number of H-pyrrole nitrogens is 1. The Balaban J connectivity index is 1.38. The monoisotopic (exact) mass is 576 g/mol. The first-order valence-electron chi connectivity index (χ1n) is 12.8. The lowest BCUT2D eigenvalue weighted by Gasteiger charge is -2.21. The fourth-order valence-electron chi connectivity index (χ4n) is 4.45. The van der Waals surface area contributed by atoms with Gasteiger partial charge in [-0.25, -0.2) is 14.6 Å². The zero-order chi connectivity index (χ0) is 29.1. The Bertz CT molecular complexity index is 1710. The van der Waals surface area contributed by atoms with E-state index in [9.17, 15) is 14.7 Å². The molecule has 13 heteroatoms. The molecule has 212 valence electrons. The van der Waals surface area contributed by atoms with Crippen molar-refractivity contribution in [2.24, 2.45) is 0 Å². The van der Waals surface area contributed by atoms with Gasteiger partial charge in [-0.15, -0.1) is 10.2 Å². The number of benzene rings is 2. The van der Waals surface area contributed by atoms with Crippen LogP contribution in [0.3, 0.4) is 0 Å². The Morgan fingerprint density at radius 1 is 1.12 bits per heavy atom. The third-order valence-electron chi connectivity index (χ3n) is 6.26. The number of tetrazole rings is 1. The van der Waals surface area contributed by atoms with Crippen molar-refractivity contribution in [2.75, 3.05) is 5.75 Å². The molecule has 0 amide bonds. The highest BCUT2D eigenvalue weighted by Gasteiger charge is 2.34. The van der Waals surface area contributed by atoms with E-state index < -0.39 is 17.4 Å². The molecule has 0 radical (unpaired) electrons. The minimum absolute atomic E-state index is 0.00424. The molecule has 0 unspecified atom stereocenters. The second-order valence-corrected chi connectivity index (χ2v) is 10.9. The number of rotatable bonds is 10. The van der Waals surface area contributed by atoms with Crippen molar-refractivity contribution in [3.8, 4) is 22.5 Å². The van der Waals surface area contributed by atoms with Crippen LogP contribution in [0.2, 0.25) is 0 Å². The molecule has 5 aromatic rings. The van der Waals surface area contributed by atoms with Crippen molar-refractivity contribution >= 4 is 17.7 Å². The molecule has 5 rings (SSSR count). The summed E-state index contributed by atoms with van der Waals surface area (Å²) < 4.78 is 17.5. The summed E-state index contributed by atoms with van der Waals surface area (Å²) >= 11 is 1.38. The van der Waals surface area contributed by atoms with E-state index in [1.807, 2.05) is 55.5 Å². The van der Waals surface area contributed by atoms with E-state index in [-0.39, 0.29) is 30.3 Å². The summed E-state index contributed by atoms with van der Waals surface area (Å²) in [6.07, 6.45) is 0. The molecule has 3 heterocycles. The molecule has 2 N–H and O–H groups in total. The number of aromatic amines is 1. The lowest BCUT2D eigenvalue weighted by atomic mass is 9.98. The van der Waals surface area contributed by atoms with Gasteiger partial charge in [0, 0.05) is 5.56 Å². The van der Waals surface area contributed by atoms with Gasteiger partial charge in [0.05, 0.1) is 12.2 Å². The van der Waals surface area contributed by atoms with Crippen LogP contribution < -0.4 is 5.82 Å². The molecule has 2 aromatic carbocycles. The van der Waals surface area contributed by atoms with Crippen LogP contribution in [0.25, 0.3) is 22.5 Å². The van der Waals surface area contributed by atoms with Crippen molar-refractivity contribution in [3.05, 3.63) is 87.6 Å². The first kappa shape index (κ1) is 28.1. The van der Waals surface area contributed by atoms with E-state index in [2.05, 4.69) is 25.6 Å². The van der Waals surface area contributed by atoms with Crippen LogP contribution in [-0.4, -0.2) is 47.0 Å². The third kappa shape index (κ3) is 6.00. The van der Waals surface area contributed by atoms with Crippen LogP contribution >= 0.6 is 11.8 Å². The molecule has 3 aromatic heterocycles. The van der Waals surface area contributed by atoms with Crippen molar-refractivity contribution in [1.82, 2.24) is 30.2 Å². The van der Waals surface area contributed by atoms with E-state index in [0.717, 1.165) is 22.3 Å². The summed E-state index contributed by atoms with van der Waals surface area (Å²) in [5.41, 5.74) is 2.24. The number of hydrogen-bond acceptors (Lipinski definition) is 11. The Kier molecular flexibility index (Phi) is 7.90. The zero-order valence-electron chi connectivity index (χ0n) is 22.9. The highest BCUT2D eigenvalue weighted by molar-refractivity contribution is 7.99. The van der Waals surface area contributed by atoms with Crippen LogP contribution in [0.1, 0.15) is 54.0 Å². The summed E-state index contributed by atoms with van der Waals surface area (Å²) in [5, 5.41) is 25.8. The number of nitrogens with one attached hydrogen (secondary N) is 1. The van der Waals surface area contributed by atoms with Gasteiger partial charge in [0.2, 0.25) is 5.82 Å². The summed E-state index contributed by atoms with van der Waals surface area (Å²) in [6, 6.07) is 15.3. The van der Waals surface area contributed by atoms with E-state index in [1.54, 1.807) is 25.3 Å². The SMILES string of the molecule is CCSc1nc(C(=O)OCc2ccc(-c3ccccc3-c3nn[nH]n3)cc2)c(C(C)(C)O)n1Cc1oc(=O)oc1C. The average Bonchev–Trinajstić information content (AvgIpc) is 3.67. The van der Waals surface area contributed by atoms with Gasteiger partial charge in [0.15, 0.2) is 16.6 Å². The molecule has 0 saturated heterocycles. The molecule has 0 aliphatic carbocycles. The highest BCUT2D eigenvalue weighted by Crippen LogP contribution is 2.32. The summed E-state index contributed by atoms with van der Waals surface area (Å²) in [4.78, 5) is 29.4. The number of hydrogen-bond donors (Lipinski definition) is 2. The standard InChI is InChI=1S/C28H28N6O6S/c1-5-41-26-29-22(23(28(3,4)37)34(26)14-21-16(2)39-27(36)40-21)25(35)38-15-17-10-12-18(13-11-17)19-8-6-7-9-20(19)24-30-32-33-31-24/h6-13,37H,5,14-15H2,1-4H3,(H,30,31,32,33). The zero-order valence-corrected chi connectivity index (χ0v) is 23.7. The molecular weight excluding hydrogens is 548 g/mol. The van der Waals surface area contributed by atoms with Crippen molar-refractivity contribution in [1.29, 1.82) is 0 Å². The van der Waals surface area contributed by atoms with Crippen LogP contribution in [0.5, 0.6) is 0 Å². The summed E-state index contributed by atoms with van der Waals surface area (Å²) in [5.74, 6) is 0.230. The topological polar surface area (TPSA) is 162 Å². The van der Waals surface area contributed by atoms with E-state index in [0.29, 0.717) is 22.5 Å².